The Morgan fingerprint density at radius 3 is 2.81 bits per heavy atom. The van der Waals surface area contributed by atoms with Gasteiger partial charge >= 0.3 is 0 Å². The number of aryl methyl sites for hydroxylation is 2. The summed E-state index contributed by atoms with van der Waals surface area (Å²) in [4.78, 5) is 13.9. The number of benzene rings is 1. The van der Waals surface area contributed by atoms with Gasteiger partial charge in [0.2, 0.25) is 0 Å². The number of rotatable bonds is 1. The molecule has 1 aliphatic rings. The average Bonchev–Trinajstić information content (AvgIpc) is 2.67. The molecule has 0 saturated carbocycles. The van der Waals surface area contributed by atoms with Gasteiger partial charge in [0, 0.05) is 18.7 Å². The fourth-order valence-electron chi connectivity index (χ4n) is 2.06. The van der Waals surface area contributed by atoms with E-state index in [4.69, 9.17) is 0 Å². The highest BCUT2D eigenvalue weighted by Gasteiger charge is 2.26. The molecule has 1 aliphatic heterocycles. The van der Waals surface area contributed by atoms with Crippen molar-refractivity contribution in [2.75, 3.05) is 13.1 Å². The van der Waals surface area contributed by atoms with Crippen LogP contribution in [0.5, 0.6) is 0 Å². The predicted octanol–water partition coefficient (Wildman–Crippen LogP) is 1.51. The molecule has 0 aromatic heterocycles. The maximum Gasteiger partial charge on any atom is 0.254 e. The van der Waals surface area contributed by atoms with Crippen LogP contribution in [0.1, 0.15) is 27.9 Å². The fourth-order valence-corrected chi connectivity index (χ4v) is 2.06. The van der Waals surface area contributed by atoms with Crippen LogP contribution in [-0.4, -0.2) is 35.1 Å². The van der Waals surface area contributed by atoms with E-state index in [1.807, 2.05) is 32.0 Å². The summed E-state index contributed by atoms with van der Waals surface area (Å²) >= 11 is 0. The van der Waals surface area contributed by atoms with E-state index in [1.54, 1.807) is 4.90 Å². The van der Waals surface area contributed by atoms with Crippen LogP contribution in [-0.2, 0) is 0 Å². The third kappa shape index (κ3) is 2.09. The summed E-state index contributed by atoms with van der Waals surface area (Å²) in [5.41, 5.74) is 2.85. The SMILES string of the molecule is Cc1ccc(C)c(C(=O)N2CCC(O)C2)c1. The summed E-state index contributed by atoms with van der Waals surface area (Å²) in [6.45, 7) is 5.05. The van der Waals surface area contributed by atoms with E-state index < -0.39 is 0 Å². The Hall–Kier alpha value is -1.35. The highest BCUT2D eigenvalue weighted by Crippen LogP contribution is 2.17. The molecular formula is C13H17NO2. The molecule has 0 aliphatic carbocycles. The average molecular weight is 219 g/mol. The molecule has 1 N–H and O–H groups in total. The lowest BCUT2D eigenvalue weighted by atomic mass is 10.0. The molecule has 1 fully saturated rings. The Morgan fingerprint density at radius 2 is 2.19 bits per heavy atom. The van der Waals surface area contributed by atoms with Crippen LogP contribution >= 0.6 is 0 Å². The molecule has 0 bridgehead atoms. The highest BCUT2D eigenvalue weighted by molar-refractivity contribution is 5.96. The summed E-state index contributed by atoms with van der Waals surface area (Å²) in [5.74, 6) is 0.0396. The predicted molar refractivity (Wildman–Crippen MR) is 62.4 cm³/mol. The van der Waals surface area contributed by atoms with Crippen molar-refractivity contribution in [3.8, 4) is 0 Å². The van der Waals surface area contributed by atoms with Gasteiger partial charge in [-0.3, -0.25) is 4.79 Å². The Labute approximate surface area is 95.7 Å². The van der Waals surface area contributed by atoms with Crippen LogP contribution in [0.2, 0.25) is 0 Å². The summed E-state index contributed by atoms with van der Waals surface area (Å²) in [6, 6.07) is 5.89. The first-order chi connectivity index (χ1) is 7.58. The second kappa shape index (κ2) is 4.26. The largest absolute Gasteiger partial charge is 0.391 e. The van der Waals surface area contributed by atoms with Crippen molar-refractivity contribution in [3.05, 3.63) is 34.9 Å². The fraction of sp³-hybridized carbons (Fsp3) is 0.462. The summed E-state index contributed by atoms with van der Waals surface area (Å²) in [5, 5.41) is 9.43. The third-order valence-electron chi connectivity index (χ3n) is 3.07. The number of nitrogens with zero attached hydrogens (tertiary/aromatic N) is 1. The normalized spacial score (nSPS) is 20.2. The van der Waals surface area contributed by atoms with E-state index in [0.29, 0.717) is 19.5 Å². The monoisotopic (exact) mass is 219 g/mol. The standard InChI is InChI=1S/C13H17NO2/c1-9-3-4-10(2)12(7-9)13(16)14-6-5-11(15)8-14/h3-4,7,11,15H,5-6,8H2,1-2H3. The van der Waals surface area contributed by atoms with Gasteiger partial charge in [0.25, 0.3) is 5.91 Å². The van der Waals surface area contributed by atoms with Crippen LogP contribution in [0.25, 0.3) is 0 Å². The molecule has 1 heterocycles. The lowest BCUT2D eigenvalue weighted by Gasteiger charge is -2.17. The molecule has 3 nitrogen and oxygen atoms in total. The minimum Gasteiger partial charge on any atom is -0.391 e. The highest BCUT2D eigenvalue weighted by atomic mass is 16.3. The Bertz CT molecular complexity index is 414. The molecule has 16 heavy (non-hydrogen) atoms. The lowest BCUT2D eigenvalue weighted by molar-refractivity contribution is 0.0764. The van der Waals surface area contributed by atoms with Crippen molar-refractivity contribution in [2.45, 2.75) is 26.4 Å². The first kappa shape index (κ1) is 11.1. The molecule has 1 unspecified atom stereocenters. The van der Waals surface area contributed by atoms with Crippen LogP contribution in [0.15, 0.2) is 18.2 Å². The van der Waals surface area contributed by atoms with Crippen LogP contribution < -0.4 is 0 Å². The lowest BCUT2D eigenvalue weighted by Crippen LogP contribution is -2.30. The Kier molecular flexibility index (Phi) is 2.97. The molecule has 1 atom stereocenters. The van der Waals surface area contributed by atoms with Gasteiger partial charge in [0.1, 0.15) is 0 Å². The topological polar surface area (TPSA) is 40.5 Å². The molecule has 0 radical (unpaired) electrons. The zero-order chi connectivity index (χ0) is 11.7. The minimum atomic E-state index is -0.353. The van der Waals surface area contributed by atoms with Crippen LogP contribution in [0.4, 0.5) is 0 Å². The Morgan fingerprint density at radius 1 is 1.44 bits per heavy atom. The van der Waals surface area contributed by atoms with Crippen molar-refractivity contribution in [1.29, 1.82) is 0 Å². The maximum absolute atomic E-state index is 12.2. The number of hydrogen-bond acceptors (Lipinski definition) is 2. The van der Waals surface area contributed by atoms with Crippen molar-refractivity contribution < 1.29 is 9.90 Å². The summed E-state index contributed by atoms with van der Waals surface area (Å²) < 4.78 is 0. The first-order valence-electron chi connectivity index (χ1n) is 5.62. The summed E-state index contributed by atoms with van der Waals surface area (Å²) in [7, 11) is 0. The Balaban J connectivity index is 2.23. The van der Waals surface area contributed by atoms with Crippen LogP contribution in [0.3, 0.4) is 0 Å². The number of β-amino-alcohol motifs (C(OH)–C–C–N with tert-alkyl or cyclic N) is 1. The van der Waals surface area contributed by atoms with Gasteiger partial charge in [0.15, 0.2) is 0 Å². The van der Waals surface area contributed by atoms with E-state index in [-0.39, 0.29) is 12.0 Å². The van der Waals surface area contributed by atoms with Gasteiger partial charge in [-0.2, -0.15) is 0 Å². The van der Waals surface area contributed by atoms with Gasteiger partial charge in [-0.1, -0.05) is 17.7 Å². The molecule has 1 aromatic carbocycles. The number of carbonyl (C=O) groups is 1. The van der Waals surface area contributed by atoms with E-state index in [9.17, 15) is 9.90 Å². The number of amides is 1. The van der Waals surface area contributed by atoms with E-state index >= 15 is 0 Å². The second-order valence-corrected chi connectivity index (χ2v) is 4.51. The van der Waals surface area contributed by atoms with E-state index in [1.165, 1.54) is 0 Å². The van der Waals surface area contributed by atoms with Gasteiger partial charge in [-0.15, -0.1) is 0 Å². The van der Waals surface area contributed by atoms with Crippen molar-refractivity contribution >= 4 is 5.91 Å². The summed E-state index contributed by atoms with van der Waals surface area (Å²) in [6.07, 6.45) is 0.338. The van der Waals surface area contributed by atoms with Crippen molar-refractivity contribution in [1.82, 2.24) is 4.90 Å². The third-order valence-corrected chi connectivity index (χ3v) is 3.07. The zero-order valence-corrected chi connectivity index (χ0v) is 9.73. The molecule has 86 valence electrons. The first-order valence-corrected chi connectivity index (χ1v) is 5.62. The minimum absolute atomic E-state index is 0.0396. The quantitative estimate of drug-likeness (QED) is 0.777. The molecular weight excluding hydrogens is 202 g/mol. The molecule has 1 amide bonds. The van der Waals surface area contributed by atoms with Gasteiger partial charge in [-0.05, 0) is 31.9 Å². The van der Waals surface area contributed by atoms with E-state index in [2.05, 4.69) is 0 Å². The molecule has 3 heteroatoms. The van der Waals surface area contributed by atoms with E-state index in [0.717, 1.165) is 16.7 Å². The van der Waals surface area contributed by atoms with Gasteiger partial charge < -0.3 is 10.0 Å². The number of carbonyl (C=O) groups excluding carboxylic acids is 1. The number of aliphatic hydroxyl groups is 1. The molecule has 1 aromatic rings. The van der Waals surface area contributed by atoms with Gasteiger partial charge in [-0.25, -0.2) is 0 Å². The van der Waals surface area contributed by atoms with Gasteiger partial charge in [0.05, 0.1) is 6.10 Å². The maximum atomic E-state index is 12.2. The molecule has 0 spiro atoms. The van der Waals surface area contributed by atoms with Crippen molar-refractivity contribution in [2.24, 2.45) is 0 Å². The molecule has 1 saturated heterocycles. The number of aliphatic hydroxyl groups excluding tert-OH is 1. The smallest absolute Gasteiger partial charge is 0.254 e. The number of hydrogen-bond donors (Lipinski definition) is 1. The van der Waals surface area contributed by atoms with Crippen LogP contribution in [0, 0.1) is 13.8 Å². The molecule has 2 rings (SSSR count). The zero-order valence-electron chi connectivity index (χ0n) is 9.73. The van der Waals surface area contributed by atoms with Crippen molar-refractivity contribution in [3.63, 3.8) is 0 Å². The number of likely N-dealkylation sites (tertiary alicyclic amines) is 1. The second-order valence-electron chi connectivity index (χ2n) is 4.51.